The van der Waals surface area contributed by atoms with E-state index in [2.05, 4.69) is 15.4 Å². The first kappa shape index (κ1) is 33.6. The van der Waals surface area contributed by atoms with Gasteiger partial charge in [-0.1, -0.05) is 17.2 Å². The average molecular weight is 647 g/mol. The Morgan fingerprint density at radius 3 is 1.82 bits per heavy atom. The normalized spacial score (nSPS) is 12.6. The van der Waals surface area contributed by atoms with E-state index in [0.717, 1.165) is 27.4 Å². The first-order valence-corrected chi connectivity index (χ1v) is 13.1. The van der Waals surface area contributed by atoms with Crippen molar-refractivity contribution in [2.24, 2.45) is 7.05 Å². The van der Waals surface area contributed by atoms with Gasteiger partial charge in [0.2, 0.25) is 0 Å². The topological polar surface area (TPSA) is 59.3 Å². The van der Waals surface area contributed by atoms with Crippen molar-refractivity contribution >= 4 is 5.95 Å². The summed E-state index contributed by atoms with van der Waals surface area (Å²) in [6.07, 6.45) is -15.0. The summed E-state index contributed by atoms with van der Waals surface area (Å²) in [4.78, 5) is 4.03. The van der Waals surface area contributed by atoms with Crippen molar-refractivity contribution in [3.8, 4) is 16.9 Å². The molecule has 45 heavy (non-hydrogen) atoms. The zero-order valence-corrected chi connectivity index (χ0v) is 24.3. The van der Waals surface area contributed by atoms with Crippen LogP contribution in [0.15, 0.2) is 54.6 Å². The summed E-state index contributed by atoms with van der Waals surface area (Å²) in [6.45, 7) is -0.602. The average Bonchev–Trinajstić information content (AvgIpc) is 3.37. The van der Waals surface area contributed by atoms with Crippen LogP contribution in [0.1, 0.15) is 33.4 Å². The van der Waals surface area contributed by atoms with Crippen molar-refractivity contribution in [3.63, 3.8) is 0 Å². The molecule has 16 heteroatoms. The van der Waals surface area contributed by atoms with E-state index in [4.69, 9.17) is 4.74 Å². The van der Waals surface area contributed by atoms with Crippen molar-refractivity contribution in [2.75, 3.05) is 26.1 Å². The number of anilines is 1. The van der Waals surface area contributed by atoms with Crippen LogP contribution in [-0.4, -0.2) is 46.3 Å². The minimum absolute atomic E-state index is 0.00762. The third kappa shape index (κ3) is 8.23. The van der Waals surface area contributed by atoms with Crippen molar-refractivity contribution in [3.05, 3.63) is 88.0 Å². The summed E-state index contributed by atoms with van der Waals surface area (Å²) >= 11 is 0. The number of halogens is 9. The van der Waals surface area contributed by atoms with Crippen molar-refractivity contribution in [1.82, 2.24) is 25.1 Å². The van der Waals surface area contributed by atoms with Gasteiger partial charge in [0.05, 0.1) is 30.8 Å². The number of hydrogen-bond donors (Lipinski definition) is 0. The molecule has 0 N–H and O–H groups in total. The van der Waals surface area contributed by atoms with E-state index in [1.165, 1.54) is 20.2 Å². The Morgan fingerprint density at radius 1 is 0.689 bits per heavy atom. The maximum absolute atomic E-state index is 13.9. The highest BCUT2D eigenvalue weighted by atomic mass is 19.4. The summed E-state index contributed by atoms with van der Waals surface area (Å²) in [7, 11) is 6.42. The third-order valence-corrected chi connectivity index (χ3v) is 6.65. The van der Waals surface area contributed by atoms with E-state index in [-0.39, 0.29) is 23.1 Å². The monoisotopic (exact) mass is 646 g/mol. The Balaban J connectivity index is 1.89. The summed E-state index contributed by atoms with van der Waals surface area (Å²) in [6, 6.07) is 9.23. The second kappa shape index (κ2) is 12.6. The van der Waals surface area contributed by atoms with E-state index in [0.29, 0.717) is 30.0 Å². The number of ether oxygens (including phenoxy) is 1. The van der Waals surface area contributed by atoms with Gasteiger partial charge in [0.15, 0.2) is 0 Å². The molecule has 0 unspecified atom stereocenters. The van der Waals surface area contributed by atoms with Gasteiger partial charge in [-0.25, -0.2) is 0 Å². The van der Waals surface area contributed by atoms with Gasteiger partial charge in [-0.05, 0) is 84.0 Å². The lowest BCUT2D eigenvalue weighted by Gasteiger charge is -2.25. The molecule has 3 aromatic carbocycles. The fraction of sp³-hybridized carbons (Fsp3) is 0.345. The molecule has 7 nitrogen and oxygen atoms in total. The Hall–Kier alpha value is -4.34. The molecule has 0 atom stereocenters. The standard InChI is InChI=1S/C29H27F9N6O/c1-42(2)14-17-5-8-25(45-4)24(11-17)23-7-6-20(27(30,31)32)12-19(23)16-44(26-39-41-43(3)40-26)15-18-9-21(28(33,34)35)13-22(10-18)29(36,37)38/h5-13H,14-16H2,1-4H3. The van der Waals surface area contributed by atoms with Gasteiger partial charge in [-0.3, -0.25) is 0 Å². The number of nitrogens with zero attached hydrogens (tertiary/aromatic N) is 6. The molecule has 242 valence electrons. The molecule has 4 aromatic rings. The van der Waals surface area contributed by atoms with E-state index in [9.17, 15) is 39.5 Å². The van der Waals surface area contributed by atoms with Crippen LogP contribution in [-0.2, 0) is 45.2 Å². The lowest BCUT2D eigenvalue weighted by Crippen LogP contribution is -2.25. The smallest absolute Gasteiger partial charge is 0.416 e. The van der Waals surface area contributed by atoms with Gasteiger partial charge >= 0.3 is 18.5 Å². The van der Waals surface area contributed by atoms with Gasteiger partial charge in [0.1, 0.15) is 5.75 Å². The number of aromatic nitrogens is 4. The summed E-state index contributed by atoms with van der Waals surface area (Å²) in [5.74, 6) is 0.0931. The predicted octanol–water partition coefficient (Wildman–Crippen LogP) is 7.21. The van der Waals surface area contributed by atoms with Gasteiger partial charge < -0.3 is 14.5 Å². The fourth-order valence-corrected chi connectivity index (χ4v) is 4.73. The minimum atomic E-state index is -5.10. The fourth-order valence-electron chi connectivity index (χ4n) is 4.73. The van der Waals surface area contributed by atoms with E-state index in [1.807, 2.05) is 19.0 Å². The summed E-state index contributed by atoms with van der Waals surface area (Å²) < 4.78 is 129. The van der Waals surface area contributed by atoms with Crippen LogP contribution < -0.4 is 9.64 Å². The zero-order valence-electron chi connectivity index (χ0n) is 24.3. The number of tetrazole rings is 1. The van der Waals surface area contributed by atoms with Gasteiger partial charge in [-0.15, -0.1) is 5.10 Å². The maximum atomic E-state index is 13.9. The molecule has 0 aliphatic rings. The Bertz CT molecular complexity index is 1610. The predicted molar refractivity (Wildman–Crippen MR) is 146 cm³/mol. The van der Waals surface area contributed by atoms with Gasteiger partial charge in [0.25, 0.3) is 5.95 Å². The molecule has 0 amide bonds. The number of alkyl halides is 9. The number of aryl methyl sites for hydroxylation is 1. The second-order valence-corrected chi connectivity index (χ2v) is 10.5. The lowest BCUT2D eigenvalue weighted by atomic mass is 9.94. The molecule has 0 aliphatic carbocycles. The molecule has 0 bridgehead atoms. The van der Waals surface area contributed by atoms with Crippen LogP contribution in [0.25, 0.3) is 11.1 Å². The minimum Gasteiger partial charge on any atom is -0.496 e. The van der Waals surface area contributed by atoms with Crippen molar-refractivity contribution in [2.45, 2.75) is 38.2 Å². The number of rotatable bonds is 9. The molecule has 4 rings (SSSR count). The molecule has 0 spiro atoms. The number of methoxy groups -OCH3 is 1. The zero-order chi connectivity index (χ0) is 33.3. The molecule has 0 saturated carbocycles. The highest BCUT2D eigenvalue weighted by molar-refractivity contribution is 5.75. The molecule has 0 saturated heterocycles. The molecule has 1 heterocycles. The first-order valence-electron chi connectivity index (χ1n) is 13.1. The highest BCUT2D eigenvalue weighted by Gasteiger charge is 2.37. The lowest BCUT2D eigenvalue weighted by molar-refractivity contribution is -0.143. The van der Waals surface area contributed by atoms with Crippen molar-refractivity contribution in [1.29, 1.82) is 0 Å². The van der Waals surface area contributed by atoms with Crippen LogP contribution in [0.2, 0.25) is 0 Å². The third-order valence-electron chi connectivity index (χ3n) is 6.65. The van der Waals surface area contributed by atoms with Gasteiger partial charge in [0, 0.05) is 25.2 Å². The number of hydrogen-bond acceptors (Lipinski definition) is 6. The second-order valence-electron chi connectivity index (χ2n) is 10.5. The van der Waals surface area contributed by atoms with Gasteiger partial charge in [-0.2, -0.15) is 44.3 Å². The Kier molecular flexibility index (Phi) is 9.37. The highest BCUT2D eigenvalue weighted by Crippen LogP contribution is 2.40. The molecular formula is C29H27F9N6O. The van der Waals surface area contributed by atoms with E-state index >= 15 is 0 Å². The SMILES string of the molecule is COc1ccc(CN(C)C)cc1-c1ccc(C(F)(F)F)cc1CN(Cc1cc(C(F)(F)F)cc(C(F)(F)F)c1)c1nnn(C)n1. The maximum Gasteiger partial charge on any atom is 0.416 e. The summed E-state index contributed by atoms with van der Waals surface area (Å²) in [5.41, 5.74) is -2.99. The van der Waals surface area contributed by atoms with E-state index < -0.39 is 53.9 Å². The van der Waals surface area contributed by atoms with Crippen LogP contribution in [0, 0.1) is 0 Å². The molecular weight excluding hydrogens is 619 g/mol. The largest absolute Gasteiger partial charge is 0.496 e. The van der Waals surface area contributed by atoms with Crippen LogP contribution in [0.3, 0.4) is 0 Å². The van der Waals surface area contributed by atoms with Crippen LogP contribution >= 0.6 is 0 Å². The van der Waals surface area contributed by atoms with Crippen LogP contribution in [0.5, 0.6) is 5.75 Å². The quantitative estimate of drug-likeness (QED) is 0.179. The van der Waals surface area contributed by atoms with E-state index in [1.54, 1.807) is 18.2 Å². The molecule has 0 radical (unpaired) electrons. The molecule has 0 aliphatic heterocycles. The van der Waals surface area contributed by atoms with Crippen molar-refractivity contribution < 1.29 is 44.3 Å². The first-order chi connectivity index (χ1) is 20.8. The molecule has 1 aromatic heterocycles. The molecule has 0 fully saturated rings. The van der Waals surface area contributed by atoms with Crippen LogP contribution in [0.4, 0.5) is 45.5 Å². The Morgan fingerprint density at radius 2 is 1.31 bits per heavy atom. The number of benzene rings is 3. The Labute approximate surface area is 251 Å². The summed E-state index contributed by atoms with van der Waals surface area (Å²) in [5, 5.41) is 11.5.